The molecule has 1 aromatic carbocycles. The summed E-state index contributed by atoms with van der Waals surface area (Å²) in [7, 11) is 1.64. The molecule has 0 aliphatic heterocycles. The summed E-state index contributed by atoms with van der Waals surface area (Å²) in [6.07, 6.45) is 3.62. The lowest BCUT2D eigenvalue weighted by Gasteiger charge is -2.08. The molecule has 0 amide bonds. The standard InChI is InChI=1S/C20H19N3O2S/c1-4-9-22-17-10-13(2)26-19(17)16-11-21-23(20(24)18(16)22)12-14-5-7-15(25-3)8-6-14/h4-8,10-11H,1,9,12H2,2-3H3. The van der Waals surface area contributed by atoms with Gasteiger partial charge in [-0.25, -0.2) is 4.68 Å². The summed E-state index contributed by atoms with van der Waals surface area (Å²) in [6, 6.07) is 9.79. The van der Waals surface area contributed by atoms with Crippen LogP contribution in [0.15, 0.2) is 54.0 Å². The van der Waals surface area contributed by atoms with Crippen LogP contribution in [0.4, 0.5) is 0 Å². The van der Waals surface area contributed by atoms with Crippen molar-refractivity contribution in [2.75, 3.05) is 7.11 Å². The topological polar surface area (TPSA) is 49.0 Å². The second-order valence-electron chi connectivity index (χ2n) is 6.19. The van der Waals surface area contributed by atoms with E-state index in [1.54, 1.807) is 24.6 Å². The Hall–Kier alpha value is -2.86. The molecule has 0 atom stereocenters. The fourth-order valence-electron chi connectivity index (χ4n) is 3.26. The summed E-state index contributed by atoms with van der Waals surface area (Å²) >= 11 is 1.69. The third kappa shape index (κ3) is 2.63. The van der Waals surface area contributed by atoms with Crippen LogP contribution >= 0.6 is 11.3 Å². The quantitative estimate of drug-likeness (QED) is 0.503. The Labute approximate surface area is 154 Å². The van der Waals surface area contributed by atoms with E-state index < -0.39 is 0 Å². The van der Waals surface area contributed by atoms with E-state index in [0.29, 0.717) is 18.6 Å². The molecule has 0 aliphatic rings. The van der Waals surface area contributed by atoms with Crippen LogP contribution in [-0.4, -0.2) is 21.5 Å². The minimum absolute atomic E-state index is 0.0822. The van der Waals surface area contributed by atoms with E-state index in [-0.39, 0.29) is 5.56 Å². The van der Waals surface area contributed by atoms with Crippen molar-refractivity contribution in [3.63, 3.8) is 0 Å². The molecule has 132 valence electrons. The van der Waals surface area contributed by atoms with Crippen molar-refractivity contribution in [1.29, 1.82) is 0 Å². The second kappa shape index (κ2) is 6.46. The van der Waals surface area contributed by atoms with Crippen LogP contribution in [0, 0.1) is 6.92 Å². The van der Waals surface area contributed by atoms with Crippen molar-refractivity contribution in [1.82, 2.24) is 14.3 Å². The molecule has 5 nitrogen and oxygen atoms in total. The second-order valence-corrected chi connectivity index (χ2v) is 7.44. The lowest BCUT2D eigenvalue weighted by Crippen LogP contribution is -2.24. The smallest absolute Gasteiger partial charge is 0.291 e. The van der Waals surface area contributed by atoms with Gasteiger partial charge in [0.15, 0.2) is 0 Å². The predicted molar refractivity (Wildman–Crippen MR) is 106 cm³/mol. The monoisotopic (exact) mass is 365 g/mol. The average molecular weight is 365 g/mol. The largest absolute Gasteiger partial charge is 0.497 e. The van der Waals surface area contributed by atoms with Crippen molar-refractivity contribution in [2.24, 2.45) is 0 Å². The van der Waals surface area contributed by atoms with Crippen molar-refractivity contribution in [3.05, 3.63) is 70.0 Å². The molecule has 6 heteroatoms. The maximum Gasteiger partial charge on any atom is 0.291 e. The highest BCUT2D eigenvalue weighted by Gasteiger charge is 2.17. The molecule has 0 saturated carbocycles. The van der Waals surface area contributed by atoms with E-state index >= 15 is 0 Å². The summed E-state index contributed by atoms with van der Waals surface area (Å²) in [5.74, 6) is 0.792. The third-order valence-electron chi connectivity index (χ3n) is 4.46. The number of allylic oxidation sites excluding steroid dienone is 1. The van der Waals surface area contributed by atoms with Crippen LogP contribution in [0.2, 0.25) is 0 Å². The zero-order valence-electron chi connectivity index (χ0n) is 14.7. The molecule has 0 fully saturated rings. The molecule has 0 saturated heterocycles. The van der Waals surface area contributed by atoms with Gasteiger partial charge >= 0.3 is 0 Å². The minimum atomic E-state index is -0.0822. The van der Waals surface area contributed by atoms with Crippen LogP contribution < -0.4 is 10.3 Å². The molecular formula is C20H19N3O2S. The Kier molecular flexibility index (Phi) is 4.12. The number of aromatic nitrogens is 3. The molecule has 0 spiro atoms. The normalized spacial score (nSPS) is 11.3. The first-order valence-electron chi connectivity index (χ1n) is 8.34. The van der Waals surface area contributed by atoms with E-state index in [4.69, 9.17) is 4.74 Å². The van der Waals surface area contributed by atoms with Crippen LogP contribution in [0.5, 0.6) is 5.75 Å². The summed E-state index contributed by atoms with van der Waals surface area (Å²) < 4.78 is 9.85. The van der Waals surface area contributed by atoms with Gasteiger partial charge in [-0.05, 0) is 30.7 Å². The maximum atomic E-state index is 13.1. The van der Waals surface area contributed by atoms with Crippen molar-refractivity contribution in [2.45, 2.75) is 20.0 Å². The molecule has 3 heterocycles. The lowest BCUT2D eigenvalue weighted by molar-refractivity contribution is 0.414. The Bertz CT molecular complexity index is 1170. The molecule has 0 bridgehead atoms. The maximum absolute atomic E-state index is 13.1. The first kappa shape index (κ1) is 16.6. The fraction of sp³-hybridized carbons (Fsp3) is 0.200. The number of ether oxygens (including phenoxy) is 1. The zero-order chi connectivity index (χ0) is 18.3. The van der Waals surface area contributed by atoms with Gasteiger partial charge < -0.3 is 9.30 Å². The van der Waals surface area contributed by atoms with Crippen LogP contribution in [-0.2, 0) is 13.1 Å². The molecule has 0 radical (unpaired) electrons. The van der Waals surface area contributed by atoms with Gasteiger partial charge in [-0.1, -0.05) is 18.2 Å². The van der Waals surface area contributed by atoms with Gasteiger partial charge in [0.2, 0.25) is 0 Å². The van der Waals surface area contributed by atoms with Gasteiger partial charge in [-0.15, -0.1) is 17.9 Å². The fourth-order valence-corrected chi connectivity index (χ4v) is 4.28. The van der Waals surface area contributed by atoms with Crippen LogP contribution in [0.25, 0.3) is 21.1 Å². The minimum Gasteiger partial charge on any atom is -0.497 e. The Morgan fingerprint density at radius 1 is 1.31 bits per heavy atom. The Balaban J connectivity index is 1.86. The molecular weight excluding hydrogens is 346 g/mol. The summed E-state index contributed by atoms with van der Waals surface area (Å²) in [5, 5.41) is 5.33. The number of benzene rings is 1. The van der Waals surface area contributed by atoms with Gasteiger partial charge in [0.05, 0.1) is 30.1 Å². The highest BCUT2D eigenvalue weighted by Crippen LogP contribution is 2.33. The number of hydrogen-bond acceptors (Lipinski definition) is 4. The number of thiophene rings is 1. The van der Waals surface area contributed by atoms with Crippen molar-refractivity contribution >= 4 is 32.5 Å². The van der Waals surface area contributed by atoms with Gasteiger partial charge in [0, 0.05) is 16.8 Å². The van der Waals surface area contributed by atoms with E-state index in [1.807, 2.05) is 34.9 Å². The molecule has 0 aliphatic carbocycles. The van der Waals surface area contributed by atoms with Gasteiger partial charge in [-0.3, -0.25) is 4.79 Å². The van der Waals surface area contributed by atoms with Gasteiger partial charge in [0.25, 0.3) is 5.56 Å². The number of hydrogen-bond donors (Lipinski definition) is 0. The molecule has 3 aromatic heterocycles. The van der Waals surface area contributed by atoms with Crippen LogP contribution in [0.3, 0.4) is 0 Å². The SMILES string of the molecule is C=CCn1c2cc(C)sc2c2cnn(Cc3ccc(OC)cc3)c(=O)c21. The molecule has 0 N–H and O–H groups in total. The van der Waals surface area contributed by atoms with E-state index in [1.165, 1.54) is 9.56 Å². The highest BCUT2D eigenvalue weighted by molar-refractivity contribution is 7.20. The predicted octanol–water partition coefficient (Wildman–Crippen LogP) is 3.96. The number of nitrogens with zero attached hydrogens (tertiary/aromatic N) is 3. The van der Waals surface area contributed by atoms with Crippen LogP contribution in [0.1, 0.15) is 10.4 Å². The zero-order valence-corrected chi connectivity index (χ0v) is 15.5. The molecule has 4 aromatic rings. The van der Waals surface area contributed by atoms with Crippen molar-refractivity contribution < 1.29 is 4.74 Å². The van der Waals surface area contributed by atoms with E-state index in [9.17, 15) is 4.79 Å². The Morgan fingerprint density at radius 3 is 2.77 bits per heavy atom. The van der Waals surface area contributed by atoms with E-state index in [2.05, 4.69) is 24.7 Å². The number of rotatable bonds is 5. The first-order valence-corrected chi connectivity index (χ1v) is 9.16. The molecule has 26 heavy (non-hydrogen) atoms. The lowest BCUT2D eigenvalue weighted by atomic mass is 10.2. The average Bonchev–Trinajstić information content (AvgIpc) is 3.15. The highest BCUT2D eigenvalue weighted by atomic mass is 32.1. The number of methoxy groups -OCH3 is 1. The molecule has 0 unspecified atom stereocenters. The van der Waals surface area contributed by atoms with Gasteiger partial charge in [0.1, 0.15) is 11.3 Å². The number of aryl methyl sites for hydroxylation is 1. The van der Waals surface area contributed by atoms with Gasteiger partial charge in [-0.2, -0.15) is 5.10 Å². The van der Waals surface area contributed by atoms with E-state index in [0.717, 1.165) is 26.9 Å². The van der Waals surface area contributed by atoms with Crippen molar-refractivity contribution in [3.8, 4) is 5.75 Å². The number of fused-ring (bicyclic) bond motifs is 3. The first-order chi connectivity index (χ1) is 12.6. The third-order valence-corrected chi connectivity index (χ3v) is 5.54. The summed E-state index contributed by atoms with van der Waals surface area (Å²) in [5.41, 5.74) is 2.68. The summed E-state index contributed by atoms with van der Waals surface area (Å²) in [6.45, 7) is 6.93. The molecule has 4 rings (SSSR count). The Morgan fingerprint density at radius 2 is 2.08 bits per heavy atom. The summed E-state index contributed by atoms with van der Waals surface area (Å²) in [4.78, 5) is 14.3.